The summed E-state index contributed by atoms with van der Waals surface area (Å²) in [5.74, 6) is 0.822. The van der Waals surface area contributed by atoms with Crippen LogP contribution in [0.1, 0.15) is 24.7 Å². The first-order chi connectivity index (χ1) is 13.7. The summed E-state index contributed by atoms with van der Waals surface area (Å²) < 4.78 is 7.19. The van der Waals surface area contributed by atoms with Crippen molar-refractivity contribution in [3.8, 4) is 11.4 Å². The van der Waals surface area contributed by atoms with Gasteiger partial charge in [-0.25, -0.2) is 0 Å². The van der Waals surface area contributed by atoms with Crippen LogP contribution in [-0.2, 0) is 4.79 Å². The van der Waals surface area contributed by atoms with Crippen molar-refractivity contribution in [2.24, 2.45) is 0 Å². The minimum atomic E-state index is -0.394. The lowest BCUT2D eigenvalue weighted by Gasteiger charge is -2.25. The molecule has 0 aliphatic rings. The van der Waals surface area contributed by atoms with E-state index in [0.29, 0.717) is 18.2 Å². The molecule has 7 heteroatoms. The molecule has 146 valence electrons. The zero-order valence-electron chi connectivity index (χ0n) is 16.3. The molecule has 1 heterocycles. The van der Waals surface area contributed by atoms with Crippen molar-refractivity contribution in [1.29, 1.82) is 0 Å². The van der Waals surface area contributed by atoms with Crippen LogP contribution in [0.3, 0.4) is 0 Å². The van der Waals surface area contributed by atoms with Crippen LogP contribution < -0.4 is 4.74 Å². The van der Waals surface area contributed by atoms with Crippen molar-refractivity contribution >= 4 is 17.7 Å². The second-order valence-electron chi connectivity index (χ2n) is 6.10. The normalized spacial score (nSPS) is 11.8. The van der Waals surface area contributed by atoms with Crippen molar-refractivity contribution in [2.75, 3.05) is 20.2 Å². The number of thioether (sulfide) groups is 1. The number of hydrogen-bond donors (Lipinski definition) is 0. The highest BCUT2D eigenvalue weighted by atomic mass is 32.2. The summed E-state index contributed by atoms with van der Waals surface area (Å²) in [5, 5.41) is 8.60. The number of methoxy groups -OCH3 is 1. The molecule has 0 unspecified atom stereocenters. The van der Waals surface area contributed by atoms with E-state index in [1.54, 1.807) is 13.4 Å². The van der Waals surface area contributed by atoms with Crippen LogP contribution >= 0.6 is 11.8 Å². The Kier molecular flexibility index (Phi) is 6.71. The maximum atomic E-state index is 13.2. The van der Waals surface area contributed by atoms with E-state index in [1.165, 1.54) is 11.8 Å². The largest absolute Gasteiger partial charge is 0.497 e. The Balaban J connectivity index is 1.96. The van der Waals surface area contributed by atoms with Crippen molar-refractivity contribution in [2.45, 2.75) is 24.3 Å². The Morgan fingerprint density at radius 3 is 2.57 bits per heavy atom. The number of hydrogen-bond acceptors (Lipinski definition) is 5. The minimum Gasteiger partial charge on any atom is -0.497 e. The van der Waals surface area contributed by atoms with Gasteiger partial charge in [0, 0.05) is 19.2 Å². The van der Waals surface area contributed by atoms with Crippen LogP contribution in [0.4, 0.5) is 0 Å². The van der Waals surface area contributed by atoms with Crippen LogP contribution in [0.25, 0.3) is 5.69 Å². The topological polar surface area (TPSA) is 60.2 Å². The van der Waals surface area contributed by atoms with E-state index in [-0.39, 0.29) is 5.91 Å². The lowest BCUT2D eigenvalue weighted by atomic mass is 10.1. The highest BCUT2D eigenvalue weighted by molar-refractivity contribution is 8.00. The number of likely N-dealkylation sites (N-methyl/N-ethyl adjacent to an activating group) is 1. The maximum Gasteiger partial charge on any atom is 0.240 e. The molecular formula is C21H24N4O2S. The Labute approximate surface area is 169 Å². The molecular weight excluding hydrogens is 372 g/mol. The van der Waals surface area contributed by atoms with Gasteiger partial charge >= 0.3 is 0 Å². The third kappa shape index (κ3) is 4.36. The molecule has 1 amide bonds. The summed E-state index contributed by atoms with van der Waals surface area (Å²) in [5.41, 5.74) is 1.83. The Hall–Kier alpha value is -2.80. The number of aromatic nitrogens is 3. The molecule has 0 aliphatic heterocycles. The monoisotopic (exact) mass is 396 g/mol. The summed E-state index contributed by atoms with van der Waals surface area (Å²) in [6, 6.07) is 17.5. The van der Waals surface area contributed by atoms with Gasteiger partial charge in [-0.05, 0) is 31.5 Å². The smallest absolute Gasteiger partial charge is 0.240 e. The minimum absolute atomic E-state index is 0.0707. The van der Waals surface area contributed by atoms with Gasteiger partial charge in [0.15, 0.2) is 5.16 Å². The van der Waals surface area contributed by atoms with Crippen molar-refractivity contribution in [3.63, 3.8) is 0 Å². The molecule has 1 atom stereocenters. The highest BCUT2D eigenvalue weighted by Crippen LogP contribution is 2.36. The molecule has 3 rings (SSSR count). The van der Waals surface area contributed by atoms with E-state index in [4.69, 9.17) is 4.74 Å². The second-order valence-corrected chi connectivity index (χ2v) is 7.18. The lowest BCUT2D eigenvalue weighted by molar-refractivity contribution is -0.130. The summed E-state index contributed by atoms with van der Waals surface area (Å²) >= 11 is 1.41. The van der Waals surface area contributed by atoms with Crippen molar-refractivity contribution in [1.82, 2.24) is 19.7 Å². The first kappa shape index (κ1) is 19.9. The van der Waals surface area contributed by atoms with Gasteiger partial charge in [0.05, 0.1) is 12.8 Å². The molecule has 3 aromatic rings. The third-order valence-corrected chi connectivity index (χ3v) is 5.67. The van der Waals surface area contributed by atoms with Gasteiger partial charge in [0.2, 0.25) is 5.91 Å². The quantitative estimate of drug-likeness (QED) is 0.539. The molecule has 1 aromatic heterocycles. The van der Waals surface area contributed by atoms with Gasteiger partial charge in [-0.3, -0.25) is 9.36 Å². The van der Waals surface area contributed by atoms with Gasteiger partial charge < -0.3 is 9.64 Å². The third-order valence-electron chi connectivity index (χ3n) is 4.47. The fourth-order valence-corrected chi connectivity index (χ4v) is 4.05. The van der Waals surface area contributed by atoms with Gasteiger partial charge in [0.1, 0.15) is 17.3 Å². The lowest BCUT2D eigenvalue weighted by Crippen LogP contribution is -2.34. The SMILES string of the molecule is CCN(CC)C(=O)[C@@H](Sc1nncn1-c1cccc(OC)c1)c1ccccc1. The molecule has 0 aliphatic carbocycles. The molecule has 6 nitrogen and oxygen atoms in total. The van der Waals surface area contributed by atoms with E-state index in [2.05, 4.69) is 10.2 Å². The van der Waals surface area contributed by atoms with E-state index in [0.717, 1.165) is 17.0 Å². The molecule has 28 heavy (non-hydrogen) atoms. The molecule has 2 aromatic carbocycles. The summed E-state index contributed by atoms with van der Waals surface area (Å²) in [4.78, 5) is 15.1. The van der Waals surface area contributed by atoms with Crippen molar-refractivity contribution in [3.05, 3.63) is 66.5 Å². The zero-order valence-corrected chi connectivity index (χ0v) is 17.1. The van der Waals surface area contributed by atoms with Crippen LogP contribution in [0.15, 0.2) is 66.1 Å². The average Bonchev–Trinajstić information content (AvgIpc) is 3.21. The van der Waals surface area contributed by atoms with Gasteiger partial charge in [-0.1, -0.05) is 48.2 Å². The molecule has 0 bridgehead atoms. The Bertz CT molecular complexity index is 910. The number of rotatable bonds is 8. The van der Waals surface area contributed by atoms with E-state index >= 15 is 0 Å². The predicted octanol–water partition coefficient (Wildman–Crippen LogP) is 3.98. The summed E-state index contributed by atoms with van der Waals surface area (Å²) in [6.45, 7) is 5.32. The number of benzene rings is 2. The molecule has 0 saturated heterocycles. The highest BCUT2D eigenvalue weighted by Gasteiger charge is 2.27. The molecule has 0 saturated carbocycles. The standard InChI is InChI=1S/C21H24N4O2S/c1-4-24(5-2)20(26)19(16-10-7-6-8-11-16)28-21-23-22-15-25(21)17-12-9-13-18(14-17)27-3/h6-15,19H,4-5H2,1-3H3/t19-/m0/s1. The fourth-order valence-electron chi connectivity index (χ4n) is 2.94. The van der Waals surface area contributed by atoms with Gasteiger partial charge in [-0.2, -0.15) is 0 Å². The van der Waals surface area contributed by atoms with E-state index in [9.17, 15) is 4.79 Å². The first-order valence-corrected chi connectivity index (χ1v) is 10.1. The van der Waals surface area contributed by atoms with E-state index in [1.807, 2.05) is 77.9 Å². The van der Waals surface area contributed by atoms with Gasteiger partial charge in [-0.15, -0.1) is 10.2 Å². The fraction of sp³-hybridized carbons (Fsp3) is 0.286. The number of carbonyl (C=O) groups excluding carboxylic acids is 1. The van der Waals surface area contributed by atoms with E-state index < -0.39 is 5.25 Å². The summed E-state index contributed by atoms with van der Waals surface area (Å²) in [6.07, 6.45) is 1.65. The molecule has 0 fully saturated rings. The Morgan fingerprint density at radius 1 is 1.14 bits per heavy atom. The molecule has 0 N–H and O–H groups in total. The Morgan fingerprint density at radius 2 is 1.89 bits per heavy atom. The second kappa shape index (κ2) is 9.41. The van der Waals surface area contributed by atoms with Crippen LogP contribution in [0, 0.1) is 0 Å². The van der Waals surface area contributed by atoms with Crippen molar-refractivity contribution < 1.29 is 9.53 Å². The number of carbonyl (C=O) groups is 1. The van der Waals surface area contributed by atoms with Crippen LogP contribution in [-0.4, -0.2) is 45.8 Å². The average molecular weight is 397 g/mol. The van der Waals surface area contributed by atoms with Crippen LogP contribution in [0.2, 0.25) is 0 Å². The number of amides is 1. The zero-order chi connectivity index (χ0) is 19.9. The predicted molar refractivity (Wildman–Crippen MR) is 111 cm³/mol. The number of ether oxygens (including phenoxy) is 1. The molecule has 0 radical (unpaired) electrons. The van der Waals surface area contributed by atoms with Crippen LogP contribution in [0.5, 0.6) is 5.75 Å². The first-order valence-electron chi connectivity index (χ1n) is 9.22. The van der Waals surface area contributed by atoms with Gasteiger partial charge in [0.25, 0.3) is 0 Å². The summed E-state index contributed by atoms with van der Waals surface area (Å²) in [7, 11) is 1.63. The maximum absolute atomic E-state index is 13.2. The number of nitrogens with zero attached hydrogens (tertiary/aromatic N) is 4. The molecule has 0 spiro atoms.